The predicted molar refractivity (Wildman–Crippen MR) is 62.9 cm³/mol. The summed E-state index contributed by atoms with van der Waals surface area (Å²) in [5.74, 6) is 0. The van der Waals surface area contributed by atoms with Crippen LogP contribution in [-0.4, -0.2) is 6.04 Å². The Bertz CT molecular complexity index is 339. The van der Waals surface area contributed by atoms with Gasteiger partial charge in [0.1, 0.15) is 0 Å². The Balaban J connectivity index is 1.73. The van der Waals surface area contributed by atoms with Gasteiger partial charge in [0.25, 0.3) is 0 Å². The second-order valence-electron chi connectivity index (χ2n) is 4.94. The third-order valence-corrected chi connectivity index (χ3v) is 3.92. The second kappa shape index (κ2) is 3.97. The largest absolute Gasteiger partial charge is 0.307 e. The fourth-order valence-corrected chi connectivity index (χ4v) is 3.11. The van der Waals surface area contributed by atoms with Gasteiger partial charge in [-0.15, -0.1) is 0 Å². The Morgan fingerprint density at radius 3 is 2.67 bits per heavy atom. The van der Waals surface area contributed by atoms with Crippen LogP contribution in [0.4, 0.5) is 0 Å². The fraction of sp³-hybridized carbons (Fsp3) is 0.571. The van der Waals surface area contributed by atoms with Gasteiger partial charge in [0.2, 0.25) is 0 Å². The summed E-state index contributed by atoms with van der Waals surface area (Å²) in [7, 11) is 0. The first-order valence-electron chi connectivity index (χ1n) is 6.27. The van der Waals surface area contributed by atoms with Crippen LogP contribution in [0.25, 0.3) is 0 Å². The van der Waals surface area contributed by atoms with Crippen molar-refractivity contribution in [3.05, 3.63) is 35.4 Å². The zero-order chi connectivity index (χ0) is 10.1. The lowest BCUT2D eigenvalue weighted by atomic mass is 10.1. The van der Waals surface area contributed by atoms with E-state index in [4.69, 9.17) is 0 Å². The van der Waals surface area contributed by atoms with Gasteiger partial charge in [0, 0.05) is 12.1 Å². The number of nitrogens with one attached hydrogen (secondary N) is 1. The minimum atomic E-state index is 0.643. The standard InChI is InChI=1S/C14H19N/c1-4-8-13-11(5-1)9-10-14(13)15-12-6-2-3-7-12/h1,4-5,8,12,14-15H,2-3,6-7,9-10H2/t14-/m1/s1. The molecule has 1 N–H and O–H groups in total. The van der Waals surface area contributed by atoms with Crippen LogP contribution in [0.15, 0.2) is 24.3 Å². The Labute approximate surface area is 91.9 Å². The van der Waals surface area contributed by atoms with Crippen molar-refractivity contribution in [2.24, 2.45) is 0 Å². The summed E-state index contributed by atoms with van der Waals surface area (Å²) in [4.78, 5) is 0. The van der Waals surface area contributed by atoms with Crippen LogP contribution in [0.5, 0.6) is 0 Å². The Hall–Kier alpha value is -0.820. The predicted octanol–water partition coefficient (Wildman–Crippen LogP) is 3.21. The maximum atomic E-state index is 3.83. The summed E-state index contributed by atoms with van der Waals surface area (Å²) >= 11 is 0. The van der Waals surface area contributed by atoms with E-state index in [9.17, 15) is 0 Å². The average molecular weight is 201 g/mol. The van der Waals surface area contributed by atoms with Gasteiger partial charge in [-0.3, -0.25) is 0 Å². The topological polar surface area (TPSA) is 12.0 Å². The van der Waals surface area contributed by atoms with Crippen molar-refractivity contribution in [1.29, 1.82) is 0 Å². The van der Waals surface area contributed by atoms with E-state index in [0.717, 1.165) is 6.04 Å². The van der Waals surface area contributed by atoms with E-state index in [2.05, 4.69) is 29.6 Å². The number of fused-ring (bicyclic) bond motifs is 1. The lowest BCUT2D eigenvalue weighted by molar-refractivity contribution is 0.438. The van der Waals surface area contributed by atoms with Gasteiger partial charge >= 0.3 is 0 Å². The van der Waals surface area contributed by atoms with E-state index in [-0.39, 0.29) is 0 Å². The van der Waals surface area contributed by atoms with Crippen LogP contribution in [-0.2, 0) is 6.42 Å². The molecule has 1 aromatic rings. The van der Waals surface area contributed by atoms with Crippen molar-refractivity contribution in [1.82, 2.24) is 5.32 Å². The summed E-state index contributed by atoms with van der Waals surface area (Å²) in [6.07, 6.45) is 8.19. The molecule has 1 fully saturated rings. The van der Waals surface area contributed by atoms with Crippen LogP contribution in [0, 0.1) is 0 Å². The van der Waals surface area contributed by atoms with Gasteiger partial charge in [-0.1, -0.05) is 37.1 Å². The highest BCUT2D eigenvalue weighted by Crippen LogP contribution is 2.32. The first kappa shape index (κ1) is 9.41. The lowest BCUT2D eigenvalue weighted by Gasteiger charge is -2.19. The molecule has 1 atom stereocenters. The van der Waals surface area contributed by atoms with Crippen LogP contribution < -0.4 is 5.32 Å². The smallest absolute Gasteiger partial charge is 0.0328 e. The lowest BCUT2D eigenvalue weighted by Crippen LogP contribution is -2.29. The molecular weight excluding hydrogens is 182 g/mol. The summed E-state index contributed by atoms with van der Waals surface area (Å²) in [5, 5.41) is 3.83. The van der Waals surface area contributed by atoms with Crippen LogP contribution in [0.3, 0.4) is 0 Å². The third-order valence-electron chi connectivity index (χ3n) is 3.92. The SMILES string of the molecule is c1ccc2c(c1)CC[C@H]2NC1CCCC1. The minimum absolute atomic E-state index is 0.643. The number of hydrogen-bond acceptors (Lipinski definition) is 1. The first-order chi connectivity index (χ1) is 7.43. The molecule has 1 heteroatoms. The molecular formula is C14H19N. The van der Waals surface area contributed by atoms with Crippen molar-refractivity contribution in [2.45, 2.75) is 50.6 Å². The maximum absolute atomic E-state index is 3.83. The highest BCUT2D eigenvalue weighted by molar-refractivity contribution is 5.34. The fourth-order valence-electron chi connectivity index (χ4n) is 3.11. The molecule has 0 bridgehead atoms. The summed E-state index contributed by atoms with van der Waals surface area (Å²) in [5.41, 5.74) is 3.12. The van der Waals surface area contributed by atoms with E-state index >= 15 is 0 Å². The molecule has 2 aliphatic carbocycles. The minimum Gasteiger partial charge on any atom is -0.307 e. The molecule has 0 heterocycles. The van der Waals surface area contributed by atoms with Crippen molar-refractivity contribution in [3.8, 4) is 0 Å². The molecule has 80 valence electrons. The zero-order valence-corrected chi connectivity index (χ0v) is 9.21. The van der Waals surface area contributed by atoms with Crippen LogP contribution >= 0.6 is 0 Å². The first-order valence-corrected chi connectivity index (χ1v) is 6.27. The summed E-state index contributed by atoms with van der Waals surface area (Å²) in [6, 6.07) is 10.4. The van der Waals surface area contributed by atoms with Gasteiger partial charge in [0.15, 0.2) is 0 Å². The number of aryl methyl sites for hydroxylation is 1. The molecule has 1 nitrogen and oxygen atoms in total. The van der Waals surface area contributed by atoms with Crippen molar-refractivity contribution in [3.63, 3.8) is 0 Å². The highest BCUT2D eigenvalue weighted by atomic mass is 15.0. The molecule has 0 aliphatic heterocycles. The van der Waals surface area contributed by atoms with Crippen LogP contribution in [0.1, 0.15) is 49.3 Å². The molecule has 0 amide bonds. The van der Waals surface area contributed by atoms with Crippen molar-refractivity contribution in [2.75, 3.05) is 0 Å². The highest BCUT2D eigenvalue weighted by Gasteiger charge is 2.25. The monoisotopic (exact) mass is 201 g/mol. The van der Waals surface area contributed by atoms with Crippen LogP contribution in [0.2, 0.25) is 0 Å². The molecule has 0 unspecified atom stereocenters. The Morgan fingerprint density at radius 1 is 1.00 bits per heavy atom. The summed E-state index contributed by atoms with van der Waals surface area (Å²) < 4.78 is 0. The van der Waals surface area contributed by atoms with Gasteiger partial charge in [0.05, 0.1) is 0 Å². The van der Waals surface area contributed by atoms with E-state index in [0.29, 0.717) is 6.04 Å². The number of hydrogen-bond donors (Lipinski definition) is 1. The molecule has 3 rings (SSSR count). The van der Waals surface area contributed by atoms with Gasteiger partial charge in [-0.2, -0.15) is 0 Å². The van der Waals surface area contributed by atoms with E-state index in [1.165, 1.54) is 38.5 Å². The van der Waals surface area contributed by atoms with Gasteiger partial charge < -0.3 is 5.32 Å². The van der Waals surface area contributed by atoms with Crippen molar-refractivity contribution < 1.29 is 0 Å². The molecule has 1 saturated carbocycles. The quantitative estimate of drug-likeness (QED) is 0.774. The average Bonchev–Trinajstić information content (AvgIpc) is 2.89. The third kappa shape index (κ3) is 1.81. The molecule has 2 aliphatic rings. The molecule has 0 spiro atoms. The molecule has 15 heavy (non-hydrogen) atoms. The van der Waals surface area contributed by atoms with E-state index < -0.39 is 0 Å². The molecule has 0 aromatic heterocycles. The second-order valence-corrected chi connectivity index (χ2v) is 4.94. The molecule has 0 saturated heterocycles. The number of rotatable bonds is 2. The summed E-state index contributed by atoms with van der Waals surface area (Å²) in [6.45, 7) is 0. The maximum Gasteiger partial charge on any atom is 0.0328 e. The zero-order valence-electron chi connectivity index (χ0n) is 9.21. The molecule has 1 aromatic carbocycles. The normalized spacial score (nSPS) is 25.7. The van der Waals surface area contributed by atoms with Gasteiger partial charge in [-0.05, 0) is 36.8 Å². The van der Waals surface area contributed by atoms with Crippen molar-refractivity contribution >= 4 is 0 Å². The van der Waals surface area contributed by atoms with E-state index in [1.807, 2.05) is 0 Å². The van der Waals surface area contributed by atoms with Gasteiger partial charge in [-0.25, -0.2) is 0 Å². The Morgan fingerprint density at radius 2 is 1.80 bits per heavy atom. The van der Waals surface area contributed by atoms with E-state index in [1.54, 1.807) is 11.1 Å². The number of benzene rings is 1. The molecule has 0 radical (unpaired) electrons. The Kier molecular flexibility index (Phi) is 2.49.